The number of para-hydroxylation sites is 1. The Hall–Kier alpha value is -2.63. The first kappa shape index (κ1) is 14.9. The molecule has 0 saturated heterocycles. The molecule has 0 fully saturated rings. The minimum atomic E-state index is -0.268. The van der Waals surface area contributed by atoms with Crippen molar-refractivity contribution in [1.29, 1.82) is 0 Å². The van der Waals surface area contributed by atoms with Crippen LogP contribution >= 0.6 is 0 Å². The van der Waals surface area contributed by atoms with Crippen LogP contribution in [-0.2, 0) is 24.1 Å². The van der Waals surface area contributed by atoms with Crippen molar-refractivity contribution in [2.24, 2.45) is 0 Å². The number of H-pyrrole nitrogens is 1. The maximum Gasteiger partial charge on any atom is 0.272 e. The highest BCUT2D eigenvalue weighted by Crippen LogP contribution is 2.27. The van der Waals surface area contributed by atoms with Crippen molar-refractivity contribution in [3.8, 4) is 0 Å². The van der Waals surface area contributed by atoms with Gasteiger partial charge in [-0.15, -0.1) is 0 Å². The molecule has 2 aliphatic rings. The molecule has 24 heavy (non-hydrogen) atoms. The quantitative estimate of drug-likeness (QED) is 0.900. The van der Waals surface area contributed by atoms with E-state index in [0.717, 1.165) is 49.0 Å². The molecule has 1 aromatic heterocycles. The predicted octanol–water partition coefficient (Wildman–Crippen LogP) is 1.61. The zero-order chi connectivity index (χ0) is 16.5. The molecule has 2 N–H and O–H groups in total. The molecule has 124 valence electrons. The number of carbonyl (C=O) groups excluding carboxylic acids is 2. The van der Waals surface area contributed by atoms with Gasteiger partial charge in [-0.2, -0.15) is 5.10 Å². The van der Waals surface area contributed by atoms with Crippen molar-refractivity contribution in [3.05, 3.63) is 46.8 Å². The number of benzene rings is 1. The monoisotopic (exact) mass is 324 g/mol. The van der Waals surface area contributed by atoms with E-state index >= 15 is 0 Å². The Morgan fingerprint density at radius 3 is 2.92 bits per heavy atom. The second-order valence-electron chi connectivity index (χ2n) is 6.34. The summed E-state index contributed by atoms with van der Waals surface area (Å²) >= 11 is 0. The third-order valence-electron chi connectivity index (χ3n) is 4.86. The number of nitrogens with one attached hydrogen (secondary N) is 2. The van der Waals surface area contributed by atoms with Gasteiger partial charge in [-0.05, 0) is 43.7 Å². The summed E-state index contributed by atoms with van der Waals surface area (Å²) in [6.45, 7) is 0.667. The van der Waals surface area contributed by atoms with Gasteiger partial charge in [0.05, 0.1) is 6.54 Å². The van der Waals surface area contributed by atoms with E-state index in [4.69, 9.17) is 0 Å². The molecule has 4 rings (SSSR count). The van der Waals surface area contributed by atoms with Crippen LogP contribution in [0.5, 0.6) is 0 Å². The first-order valence-corrected chi connectivity index (χ1v) is 8.46. The lowest BCUT2D eigenvalue weighted by Gasteiger charge is -2.17. The van der Waals surface area contributed by atoms with Gasteiger partial charge >= 0.3 is 0 Å². The minimum Gasteiger partial charge on any atom is -0.342 e. The van der Waals surface area contributed by atoms with Crippen LogP contribution in [0, 0.1) is 0 Å². The SMILES string of the molecule is O=C(NCC(=O)N1CCc2ccccc21)c1n[nH]c2c1CCCC2. The second-order valence-corrected chi connectivity index (χ2v) is 6.34. The molecule has 6 heteroatoms. The van der Waals surface area contributed by atoms with Crippen LogP contribution in [0.4, 0.5) is 5.69 Å². The number of hydrogen-bond acceptors (Lipinski definition) is 3. The number of hydrogen-bond donors (Lipinski definition) is 2. The fraction of sp³-hybridized carbons (Fsp3) is 0.389. The van der Waals surface area contributed by atoms with E-state index in [9.17, 15) is 9.59 Å². The average molecular weight is 324 g/mol. The topological polar surface area (TPSA) is 78.1 Å². The Kier molecular flexibility index (Phi) is 3.80. The number of fused-ring (bicyclic) bond motifs is 2. The summed E-state index contributed by atoms with van der Waals surface area (Å²) in [6, 6.07) is 7.90. The molecule has 0 atom stereocenters. The van der Waals surface area contributed by atoms with Crippen LogP contribution in [0.3, 0.4) is 0 Å². The lowest BCUT2D eigenvalue weighted by Crippen LogP contribution is -2.39. The highest BCUT2D eigenvalue weighted by Gasteiger charge is 2.26. The standard InChI is InChI=1S/C18H20N4O2/c23-16(22-10-9-12-5-1-4-8-15(12)22)11-19-18(24)17-13-6-2-3-7-14(13)20-21-17/h1,4-5,8H,2-3,6-7,9-11H2,(H,19,24)(H,20,21). The summed E-state index contributed by atoms with van der Waals surface area (Å²) in [6.07, 6.45) is 4.89. The highest BCUT2D eigenvalue weighted by molar-refractivity contribution is 6.01. The largest absolute Gasteiger partial charge is 0.342 e. The molecule has 0 unspecified atom stereocenters. The van der Waals surface area contributed by atoms with Gasteiger partial charge in [-0.25, -0.2) is 0 Å². The normalized spacial score (nSPS) is 15.8. The van der Waals surface area contributed by atoms with E-state index in [-0.39, 0.29) is 18.4 Å². The van der Waals surface area contributed by atoms with Gasteiger partial charge < -0.3 is 10.2 Å². The maximum atomic E-state index is 12.5. The lowest BCUT2D eigenvalue weighted by atomic mass is 9.96. The smallest absolute Gasteiger partial charge is 0.272 e. The summed E-state index contributed by atoms with van der Waals surface area (Å²) in [7, 11) is 0. The average Bonchev–Trinajstić information content (AvgIpc) is 3.23. The molecule has 0 bridgehead atoms. The Labute approximate surface area is 140 Å². The molecule has 6 nitrogen and oxygen atoms in total. The van der Waals surface area contributed by atoms with E-state index < -0.39 is 0 Å². The Morgan fingerprint density at radius 1 is 1.17 bits per heavy atom. The number of carbonyl (C=O) groups is 2. The molecule has 2 heterocycles. The molecular formula is C18H20N4O2. The molecule has 2 aromatic rings. The fourth-order valence-corrected chi connectivity index (χ4v) is 3.60. The van der Waals surface area contributed by atoms with Gasteiger partial charge in [0.2, 0.25) is 5.91 Å². The Bertz CT molecular complexity index is 796. The van der Waals surface area contributed by atoms with E-state index in [0.29, 0.717) is 12.2 Å². The number of amides is 2. The molecule has 1 aromatic carbocycles. The number of aryl methyl sites for hydroxylation is 1. The van der Waals surface area contributed by atoms with Crippen LogP contribution < -0.4 is 10.2 Å². The molecule has 0 radical (unpaired) electrons. The number of nitrogens with zero attached hydrogens (tertiary/aromatic N) is 2. The number of aromatic nitrogens is 2. The van der Waals surface area contributed by atoms with Crippen molar-refractivity contribution in [2.75, 3.05) is 18.0 Å². The van der Waals surface area contributed by atoms with E-state index in [1.807, 2.05) is 24.3 Å². The predicted molar refractivity (Wildman–Crippen MR) is 90.1 cm³/mol. The summed E-state index contributed by atoms with van der Waals surface area (Å²) in [5.74, 6) is -0.354. The molecule has 1 aliphatic heterocycles. The van der Waals surface area contributed by atoms with Gasteiger partial charge in [0.1, 0.15) is 0 Å². The van der Waals surface area contributed by atoms with Crippen LogP contribution in [0.1, 0.15) is 40.2 Å². The third kappa shape index (κ3) is 2.58. The van der Waals surface area contributed by atoms with Crippen molar-refractivity contribution >= 4 is 17.5 Å². The van der Waals surface area contributed by atoms with E-state index in [2.05, 4.69) is 15.5 Å². The molecule has 1 aliphatic carbocycles. The van der Waals surface area contributed by atoms with Gasteiger partial charge in [-0.3, -0.25) is 14.7 Å². The Balaban J connectivity index is 1.41. The maximum absolute atomic E-state index is 12.5. The zero-order valence-corrected chi connectivity index (χ0v) is 13.5. The molecule has 0 spiro atoms. The van der Waals surface area contributed by atoms with Crippen molar-refractivity contribution < 1.29 is 9.59 Å². The first-order valence-electron chi connectivity index (χ1n) is 8.46. The van der Waals surface area contributed by atoms with Crippen LogP contribution in [-0.4, -0.2) is 35.1 Å². The van der Waals surface area contributed by atoms with Gasteiger partial charge in [0.15, 0.2) is 5.69 Å². The fourth-order valence-electron chi connectivity index (χ4n) is 3.60. The van der Waals surface area contributed by atoms with Crippen molar-refractivity contribution in [1.82, 2.24) is 15.5 Å². The van der Waals surface area contributed by atoms with Crippen LogP contribution in [0.2, 0.25) is 0 Å². The van der Waals surface area contributed by atoms with Crippen molar-refractivity contribution in [2.45, 2.75) is 32.1 Å². The van der Waals surface area contributed by atoms with Crippen molar-refractivity contribution in [3.63, 3.8) is 0 Å². The third-order valence-corrected chi connectivity index (χ3v) is 4.86. The summed E-state index contributed by atoms with van der Waals surface area (Å²) in [5, 5.41) is 9.83. The second kappa shape index (κ2) is 6.11. The summed E-state index contributed by atoms with van der Waals surface area (Å²) < 4.78 is 0. The summed E-state index contributed by atoms with van der Waals surface area (Å²) in [5.41, 5.74) is 4.65. The zero-order valence-electron chi connectivity index (χ0n) is 13.5. The van der Waals surface area contributed by atoms with E-state index in [1.165, 1.54) is 5.56 Å². The number of aromatic amines is 1. The molecule has 0 saturated carbocycles. The highest BCUT2D eigenvalue weighted by atomic mass is 16.2. The van der Waals surface area contributed by atoms with Gasteiger partial charge in [-0.1, -0.05) is 18.2 Å². The van der Waals surface area contributed by atoms with E-state index in [1.54, 1.807) is 4.90 Å². The van der Waals surface area contributed by atoms with Crippen LogP contribution in [0.25, 0.3) is 0 Å². The Morgan fingerprint density at radius 2 is 2.00 bits per heavy atom. The first-order chi connectivity index (χ1) is 11.7. The molecular weight excluding hydrogens is 304 g/mol. The lowest BCUT2D eigenvalue weighted by molar-refractivity contribution is -0.117. The van der Waals surface area contributed by atoms with Gasteiger partial charge in [0, 0.05) is 23.5 Å². The number of rotatable bonds is 3. The van der Waals surface area contributed by atoms with Crippen LogP contribution in [0.15, 0.2) is 24.3 Å². The van der Waals surface area contributed by atoms with Gasteiger partial charge in [0.25, 0.3) is 5.91 Å². The molecule has 2 amide bonds. The minimum absolute atomic E-state index is 0.00516. The summed E-state index contributed by atoms with van der Waals surface area (Å²) in [4.78, 5) is 26.6. The number of anilines is 1.